The van der Waals surface area contributed by atoms with Crippen molar-refractivity contribution in [2.45, 2.75) is 123 Å². The maximum atomic E-state index is 11.2. The molecule has 3 saturated carbocycles. The summed E-state index contributed by atoms with van der Waals surface area (Å²) in [6, 6.07) is 0. The van der Waals surface area contributed by atoms with E-state index in [0.717, 1.165) is 35.5 Å². The van der Waals surface area contributed by atoms with Crippen LogP contribution in [0.15, 0.2) is 11.6 Å². The monoisotopic (exact) mass is 506 g/mol. The number of carboxylic acid groups (broad SMARTS) is 1. The summed E-state index contributed by atoms with van der Waals surface area (Å²) in [5, 5.41) is 9.50. The highest BCUT2D eigenvalue weighted by Crippen LogP contribution is 2.67. The second kappa shape index (κ2) is 10.7. The SMILES string of the molecule is CC(C)CCCC(C)[C@H]1CC[C@H]2[C@@H]3CC=C4C[C@@H](SSC(C)C(=O)O)CC[C@]4(C)[C@H]3CC[C@]12C. The molecule has 0 aliphatic heterocycles. The van der Waals surface area contributed by atoms with Crippen LogP contribution in [0, 0.1) is 46.3 Å². The summed E-state index contributed by atoms with van der Waals surface area (Å²) in [6.45, 7) is 14.4. The lowest BCUT2D eigenvalue weighted by Gasteiger charge is -2.58. The van der Waals surface area contributed by atoms with Gasteiger partial charge in [-0.25, -0.2) is 0 Å². The van der Waals surface area contributed by atoms with Crippen molar-refractivity contribution < 1.29 is 9.90 Å². The quantitative estimate of drug-likeness (QED) is 0.250. The molecule has 4 rings (SSSR count). The van der Waals surface area contributed by atoms with Crippen LogP contribution < -0.4 is 0 Å². The third kappa shape index (κ3) is 5.15. The third-order valence-electron chi connectivity index (χ3n) is 10.9. The van der Waals surface area contributed by atoms with Gasteiger partial charge >= 0.3 is 5.97 Å². The number of carbonyl (C=O) groups is 1. The van der Waals surface area contributed by atoms with Crippen molar-refractivity contribution in [2.24, 2.45) is 46.3 Å². The highest BCUT2D eigenvalue weighted by molar-refractivity contribution is 8.77. The third-order valence-corrected chi connectivity index (χ3v) is 14.2. The van der Waals surface area contributed by atoms with Crippen LogP contribution in [0.3, 0.4) is 0 Å². The van der Waals surface area contributed by atoms with Crippen LogP contribution in [-0.2, 0) is 4.79 Å². The van der Waals surface area contributed by atoms with E-state index in [4.69, 9.17) is 0 Å². The number of hydrogen-bond acceptors (Lipinski definition) is 3. The number of hydrogen-bond donors (Lipinski definition) is 1. The fourth-order valence-corrected chi connectivity index (χ4v) is 11.5. The average Bonchev–Trinajstić information content (AvgIpc) is 3.14. The van der Waals surface area contributed by atoms with Crippen molar-refractivity contribution in [1.29, 1.82) is 0 Å². The first-order valence-electron chi connectivity index (χ1n) is 14.3. The Morgan fingerprint density at radius 1 is 1.06 bits per heavy atom. The van der Waals surface area contributed by atoms with Crippen molar-refractivity contribution in [2.75, 3.05) is 0 Å². The van der Waals surface area contributed by atoms with Crippen LogP contribution in [0.5, 0.6) is 0 Å². The number of fused-ring (bicyclic) bond motifs is 5. The largest absolute Gasteiger partial charge is 0.480 e. The van der Waals surface area contributed by atoms with Crippen molar-refractivity contribution in [1.82, 2.24) is 0 Å². The van der Waals surface area contributed by atoms with Gasteiger partial charge in [-0.3, -0.25) is 4.79 Å². The number of allylic oxidation sites excluding steroid dienone is 2. The average molecular weight is 507 g/mol. The summed E-state index contributed by atoms with van der Waals surface area (Å²) >= 11 is 0. The second-order valence-electron chi connectivity index (χ2n) is 13.3. The molecule has 0 spiro atoms. The second-order valence-corrected chi connectivity index (χ2v) is 16.2. The molecule has 9 atom stereocenters. The van der Waals surface area contributed by atoms with Gasteiger partial charge in [-0.1, -0.05) is 87.1 Å². The normalized spacial score (nSPS) is 41.3. The smallest absolute Gasteiger partial charge is 0.317 e. The minimum absolute atomic E-state index is 0.317. The van der Waals surface area contributed by atoms with Gasteiger partial charge < -0.3 is 5.11 Å². The first-order chi connectivity index (χ1) is 16.1. The van der Waals surface area contributed by atoms with Crippen LogP contribution >= 0.6 is 21.6 Å². The minimum atomic E-state index is -0.688. The molecule has 34 heavy (non-hydrogen) atoms. The molecule has 0 aromatic rings. The molecule has 0 saturated heterocycles. The summed E-state index contributed by atoms with van der Waals surface area (Å²) in [7, 11) is 3.40. The molecule has 0 bridgehead atoms. The molecule has 0 aromatic carbocycles. The van der Waals surface area contributed by atoms with Crippen molar-refractivity contribution >= 4 is 27.6 Å². The Kier molecular flexibility index (Phi) is 8.50. The predicted octanol–water partition coefficient (Wildman–Crippen LogP) is 9.25. The topological polar surface area (TPSA) is 37.3 Å². The minimum Gasteiger partial charge on any atom is -0.480 e. The molecule has 4 aliphatic rings. The predicted molar refractivity (Wildman–Crippen MR) is 149 cm³/mol. The Morgan fingerprint density at radius 2 is 1.82 bits per heavy atom. The number of carboxylic acids is 1. The van der Waals surface area contributed by atoms with Crippen molar-refractivity contribution in [3.8, 4) is 0 Å². The van der Waals surface area contributed by atoms with Gasteiger partial charge in [0.1, 0.15) is 5.25 Å². The van der Waals surface area contributed by atoms with E-state index in [-0.39, 0.29) is 5.25 Å². The molecule has 3 fully saturated rings. The Bertz CT molecular complexity index is 763. The molecule has 0 heterocycles. The van der Waals surface area contributed by atoms with E-state index in [1.807, 2.05) is 17.7 Å². The van der Waals surface area contributed by atoms with Crippen LogP contribution in [0.4, 0.5) is 0 Å². The Hall–Kier alpha value is -0.0900. The van der Waals surface area contributed by atoms with Crippen molar-refractivity contribution in [3.05, 3.63) is 11.6 Å². The Labute approximate surface area is 217 Å². The molecule has 0 aromatic heterocycles. The molecule has 2 nitrogen and oxygen atoms in total. The number of aliphatic carboxylic acids is 1. The van der Waals surface area contributed by atoms with Gasteiger partial charge in [-0.2, -0.15) is 0 Å². The lowest BCUT2D eigenvalue weighted by Crippen LogP contribution is -2.50. The molecule has 4 aliphatic carbocycles. The van der Waals surface area contributed by atoms with Crippen LogP contribution in [0.1, 0.15) is 112 Å². The molecule has 1 N–H and O–H groups in total. The van der Waals surface area contributed by atoms with Crippen molar-refractivity contribution in [3.63, 3.8) is 0 Å². The Balaban J connectivity index is 1.41. The van der Waals surface area contributed by atoms with E-state index in [9.17, 15) is 9.90 Å². The van der Waals surface area contributed by atoms with Crippen LogP contribution in [-0.4, -0.2) is 21.6 Å². The lowest BCUT2D eigenvalue weighted by atomic mass is 9.47. The standard InChI is InChI=1S/C30H50O2S2/c1-19(2)8-7-9-20(3)25-12-13-26-24-11-10-22-18-23(34-33-21(4)28(31)32)14-16-29(22,5)27(24)15-17-30(25,26)6/h10,19-21,23-27H,7-9,11-18H2,1-6H3,(H,31,32)/t20?,21?,23-,24-,25+,26-,27-,29-,30+/m0/s1. The van der Waals surface area contributed by atoms with E-state index >= 15 is 0 Å². The lowest BCUT2D eigenvalue weighted by molar-refractivity contribution is -0.136. The van der Waals surface area contributed by atoms with E-state index in [1.165, 1.54) is 70.6 Å². The molecule has 4 heteroatoms. The first-order valence-corrected chi connectivity index (χ1v) is 16.6. The fourth-order valence-electron chi connectivity index (χ4n) is 8.94. The maximum Gasteiger partial charge on any atom is 0.317 e. The van der Waals surface area contributed by atoms with E-state index < -0.39 is 5.97 Å². The molecular weight excluding hydrogens is 456 g/mol. The Morgan fingerprint density at radius 3 is 2.53 bits per heavy atom. The molecule has 2 unspecified atom stereocenters. The zero-order valence-corrected chi connectivity index (χ0v) is 24.3. The van der Waals surface area contributed by atoms with Gasteiger partial charge in [-0.05, 0) is 105 Å². The van der Waals surface area contributed by atoms with Gasteiger partial charge in [-0.15, -0.1) is 0 Å². The summed E-state index contributed by atoms with van der Waals surface area (Å²) in [5.74, 6) is 4.66. The molecular formula is C30H50O2S2. The van der Waals surface area contributed by atoms with Gasteiger partial charge in [0, 0.05) is 5.25 Å². The van der Waals surface area contributed by atoms with Gasteiger partial charge in [0.15, 0.2) is 0 Å². The summed E-state index contributed by atoms with van der Waals surface area (Å²) in [5.41, 5.74) is 2.68. The summed E-state index contributed by atoms with van der Waals surface area (Å²) < 4.78 is 0. The highest BCUT2D eigenvalue weighted by Gasteiger charge is 2.59. The molecule has 0 amide bonds. The summed E-state index contributed by atoms with van der Waals surface area (Å²) in [6.07, 6.45) is 17.8. The van der Waals surface area contributed by atoms with Crippen LogP contribution in [0.2, 0.25) is 0 Å². The fraction of sp³-hybridized carbons (Fsp3) is 0.900. The van der Waals surface area contributed by atoms with Gasteiger partial charge in [0.25, 0.3) is 0 Å². The first kappa shape index (κ1) is 27.0. The maximum absolute atomic E-state index is 11.2. The summed E-state index contributed by atoms with van der Waals surface area (Å²) in [4.78, 5) is 11.2. The van der Waals surface area contributed by atoms with Gasteiger partial charge in [0.05, 0.1) is 0 Å². The number of rotatable bonds is 9. The van der Waals surface area contributed by atoms with Gasteiger partial charge in [0.2, 0.25) is 0 Å². The van der Waals surface area contributed by atoms with Crippen LogP contribution in [0.25, 0.3) is 0 Å². The molecule has 194 valence electrons. The zero-order valence-electron chi connectivity index (χ0n) is 22.6. The zero-order chi connectivity index (χ0) is 24.7. The van der Waals surface area contributed by atoms with E-state index in [2.05, 4.69) is 40.7 Å². The van der Waals surface area contributed by atoms with E-state index in [1.54, 1.807) is 16.4 Å². The highest BCUT2D eigenvalue weighted by atomic mass is 33.1. The molecule has 0 radical (unpaired) electrons. The van der Waals surface area contributed by atoms with E-state index in [0.29, 0.717) is 16.1 Å².